The van der Waals surface area contributed by atoms with Gasteiger partial charge in [0.25, 0.3) is 15.9 Å². The molecule has 0 saturated heterocycles. The van der Waals surface area contributed by atoms with Crippen molar-refractivity contribution in [2.45, 2.75) is 18.0 Å². The second-order valence-electron chi connectivity index (χ2n) is 7.83. The Kier molecular flexibility index (Phi) is 8.73. The Balaban J connectivity index is 1.84. The van der Waals surface area contributed by atoms with Crippen LogP contribution in [0, 0.1) is 0 Å². The number of amides is 2. The molecule has 13 heteroatoms. The van der Waals surface area contributed by atoms with E-state index < -0.39 is 34.2 Å². The van der Waals surface area contributed by atoms with Gasteiger partial charge in [-0.15, -0.1) is 0 Å². The third-order valence-corrected chi connectivity index (χ3v) is 6.82. The summed E-state index contributed by atoms with van der Waals surface area (Å²) in [6.45, 7) is 0.617. The number of nitrogens with one attached hydrogen (secondary N) is 2. The summed E-state index contributed by atoms with van der Waals surface area (Å²) in [6.07, 6.45) is -3.53. The molecular weight excluding hydrogens is 525 g/mol. The predicted molar refractivity (Wildman–Crippen MR) is 135 cm³/mol. The van der Waals surface area contributed by atoms with E-state index in [1.165, 1.54) is 74.7 Å². The molecule has 2 amide bonds. The number of hydrazone groups is 1. The molecule has 3 rings (SSSR count). The lowest BCUT2D eigenvalue weighted by Crippen LogP contribution is -2.39. The third-order valence-electron chi connectivity index (χ3n) is 5.03. The summed E-state index contributed by atoms with van der Waals surface area (Å²) in [5.41, 5.74) is 1.87. The number of hydrogen-bond donors (Lipinski definition) is 2. The van der Waals surface area contributed by atoms with Gasteiger partial charge in [0.05, 0.1) is 29.5 Å². The molecule has 38 heavy (non-hydrogen) atoms. The van der Waals surface area contributed by atoms with Crippen molar-refractivity contribution in [3.8, 4) is 5.75 Å². The highest BCUT2D eigenvalue weighted by molar-refractivity contribution is 7.92. The van der Waals surface area contributed by atoms with Crippen molar-refractivity contribution in [3.05, 3.63) is 83.9 Å². The summed E-state index contributed by atoms with van der Waals surface area (Å²) in [7, 11) is -2.83. The number of ether oxygens (including phenoxy) is 1. The van der Waals surface area contributed by atoms with Crippen LogP contribution in [0.15, 0.2) is 82.8 Å². The van der Waals surface area contributed by atoms with E-state index in [2.05, 4.69) is 15.8 Å². The van der Waals surface area contributed by atoms with Gasteiger partial charge in [-0.25, -0.2) is 13.8 Å². The first-order valence-corrected chi connectivity index (χ1v) is 12.4. The minimum Gasteiger partial charge on any atom is -0.497 e. The zero-order chi connectivity index (χ0) is 27.9. The topological polar surface area (TPSA) is 117 Å². The third kappa shape index (κ3) is 7.32. The van der Waals surface area contributed by atoms with Crippen molar-refractivity contribution in [1.82, 2.24) is 5.43 Å². The van der Waals surface area contributed by atoms with Crippen molar-refractivity contribution in [1.29, 1.82) is 0 Å². The number of hydrogen-bond acceptors (Lipinski definition) is 6. The molecule has 2 N–H and O–H groups in total. The van der Waals surface area contributed by atoms with Gasteiger partial charge in [0, 0.05) is 12.6 Å². The summed E-state index contributed by atoms with van der Waals surface area (Å²) in [4.78, 5) is 23.7. The molecule has 3 aromatic rings. The highest BCUT2D eigenvalue weighted by Gasteiger charge is 2.30. The molecule has 0 atom stereocenters. The van der Waals surface area contributed by atoms with Crippen LogP contribution in [0.3, 0.4) is 0 Å². The van der Waals surface area contributed by atoms with Crippen LogP contribution in [0.5, 0.6) is 5.75 Å². The van der Waals surface area contributed by atoms with E-state index >= 15 is 0 Å². The number of carbonyl (C=O) groups excluding carboxylic acids is 2. The fourth-order valence-corrected chi connectivity index (χ4v) is 4.67. The van der Waals surface area contributed by atoms with Gasteiger partial charge in [0.1, 0.15) is 12.3 Å². The van der Waals surface area contributed by atoms with Crippen molar-refractivity contribution in [3.63, 3.8) is 0 Å². The second-order valence-corrected chi connectivity index (χ2v) is 9.69. The van der Waals surface area contributed by atoms with Crippen LogP contribution in [0.1, 0.15) is 18.1 Å². The summed E-state index contributed by atoms with van der Waals surface area (Å²) in [5, 5.41) is 6.19. The zero-order valence-corrected chi connectivity index (χ0v) is 21.0. The smallest absolute Gasteiger partial charge is 0.416 e. The fraction of sp³-hybridized carbons (Fsp3) is 0.160. The van der Waals surface area contributed by atoms with Crippen molar-refractivity contribution >= 4 is 39.4 Å². The Bertz CT molecular complexity index is 1420. The minimum atomic E-state index is -4.54. The Labute approximate surface area is 217 Å². The number of nitrogens with zero attached hydrogens (tertiary/aromatic N) is 2. The maximum Gasteiger partial charge on any atom is 0.416 e. The number of halogens is 3. The molecule has 3 aromatic carbocycles. The molecule has 0 aromatic heterocycles. The first-order chi connectivity index (χ1) is 17.9. The Morgan fingerprint density at radius 3 is 2.26 bits per heavy atom. The quantitative estimate of drug-likeness (QED) is 0.310. The molecule has 200 valence electrons. The van der Waals surface area contributed by atoms with Crippen LogP contribution in [0.2, 0.25) is 0 Å². The van der Waals surface area contributed by atoms with Gasteiger partial charge in [-0.3, -0.25) is 13.9 Å². The zero-order valence-electron chi connectivity index (χ0n) is 20.2. The highest BCUT2D eigenvalue weighted by Crippen LogP contribution is 2.29. The summed E-state index contributed by atoms with van der Waals surface area (Å²) in [5.74, 6) is -0.716. The van der Waals surface area contributed by atoms with Gasteiger partial charge in [0.15, 0.2) is 0 Å². The fourth-order valence-electron chi connectivity index (χ4n) is 3.24. The van der Waals surface area contributed by atoms with Gasteiger partial charge < -0.3 is 10.1 Å². The molecule has 0 unspecified atom stereocenters. The number of sulfonamides is 1. The van der Waals surface area contributed by atoms with Crippen LogP contribution >= 0.6 is 0 Å². The second kappa shape index (κ2) is 11.8. The Morgan fingerprint density at radius 2 is 1.68 bits per heavy atom. The number of methoxy groups -OCH3 is 1. The lowest BCUT2D eigenvalue weighted by Gasteiger charge is -2.24. The largest absolute Gasteiger partial charge is 0.497 e. The lowest BCUT2D eigenvalue weighted by molar-refractivity contribution is -0.137. The molecule has 0 fully saturated rings. The maximum absolute atomic E-state index is 13.5. The average molecular weight is 549 g/mol. The van der Waals surface area contributed by atoms with Crippen molar-refractivity contribution in [2.24, 2.45) is 5.10 Å². The normalized spacial score (nSPS) is 11.7. The van der Waals surface area contributed by atoms with Gasteiger partial charge >= 0.3 is 6.18 Å². The Hall–Kier alpha value is -4.39. The number of alkyl halides is 3. The van der Waals surface area contributed by atoms with Crippen molar-refractivity contribution in [2.75, 3.05) is 23.3 Å². The predicted octanol–water partition coefficient (Wildman–Crippen LogP) is 4.02. The lowest BCUT2D eigenvalue weighted by atomic mass is 10.1. The molecule has 0 radical (unpaired) electrons. The SMILES string of the molecule is COc1ccc(N(CC(=O)N/N=C\c2cccc(C(F)(F)F)c2)S(=O)(=O)c2ccc(NC(C)=O)cc2)cc1. The minimum absolute atomic E-state index is 0.0824. The number of anilines is 2. The van der Waals surface area contributed by atoms with E-state index in [4.69, 9.17) is 4.74 Å². The molecule has 0 aliphatic carbocycles. The molecule has 0 aliphatic rings. The van der Waals surface area contributed by atoms with E-state index in [9.17, 15) is 31.2 Å². The first-order valence-electron chi connectivity index (χ1n) is 10.9. The molecule has 0 aliphatic heterocycles. The molecule has 0 bridgehead atoms. The highest BCUT2D eigenvalue weighted by atomic mass is 32.2. The molecule has 0 saturated carbocycles. The van der Waals surface area contributed by atoms with Gasteiger partial charge in [-0.1, -0.05) is 12.1 Å². The number of carbonyl (C=O) groups is 2. The summed E-state index contributed by atoms with van der Waals surface area (Å²) < 4.78 is 71.6. The van der Waals surface area contributed by atoms with E-state index in [0.717, 1.165) is 22.7 Å². The molecule has 0 spiro atoms. The summed E-state index contributed by atoms with van der Waals surface area (Å²) in [6, 6.07) is 15.6. The van der Waals surface area contributed by atoms with Crippen molar-refractivity contribution < 1.29 is 35.9 Å². The molecular formula is C25H23F3N4O5S. The van der Waals surface area contributed by atoms with Gasteiger partial charge in [-0.05, 0) is 66.2 Å². The van der Waals surface area contributed by atoms with E-state index in [1.807, 2.05) is 0 Å². The molecule has 9 nitrogen and oxygen atoms in total. The molecule has 0 heterocycles. The van der Waals surface area contributed by atoms with Crippen LogP contribution < -0.4 is 19.8 Å². The van der Waals surface area contributed by atoms with Gasteiger partial charge in [-0.2, -0.15) is 18.3 Å². The average Bonchev–Trinajstić information content (AvgIpc) is 2.87. The standard InChI is InChI=1S/C25H23F3N4O5S/c1-17(33)30-20-6-12-23(13-7-20)38(35,36)32(21-8-10-22(37-2)11-9-21)16-24(34)31-29-15-18-4-3-5-19(14-18)25(26,27)28/h3-15H,16H2,1-2H3,(H,30,33)(H,31,34)/b29-15-. The van der Waals surface area contributed by atoms with E-state index in [-0.39, 0.29) is 22.1 Å². The van der Waals surface area contributed by atoms with Gasteiger partial charge in [0.2, 0.25) is 5.91 Å². The van der Waals surface area contributed by atoms with Crippen LogP contribution in [0.4, 0.5) is 24.5 Å². The van der Waals surface area contributed by atoms with E-state index in [1.54, 1.807) is 0 Å². The number of rotatable bonds is 9. The maximum atomic E-state index is 13.5. The summed E-state index contributed by atoms with van der Waals surface area (Å²) >= 11 is 0. The van der Waals surface area contributed by atoms with E-state index in [0.29, 0.717) is 11.4 Å². The number of benzene rings is 3. The van der Waals surface area contributed by atoms with Crippen LogP contribution in [-0.2, 0) is 25.8 Å². The Morgan fingerprint density at radius 1 is 1.03 bits per heavy atom. The van der Waals surface area contributed by atoms with Crippen LogP contribution in [-0.4, -0.2) is 40.1 Å². The van der Waals surface area contributed by atoms with Crippen LogP contribution in [0.25, 0.3) is 0 Å². The monoisotopic (exact) mass is 548 g/mol. The first kappa shape index (κ1) is 28.2.